The zero-order valence-corrected chi connectivity index (χ0v) is 14.3. The van der Waals surface area contributed by atoms with E-state index in [1.54, 1.807) is 12.1 Å². The second-order valence-corrected chi connectivity index (χ2v) is 6.77. The van der Waals surface area contributed by atoms with E-state index in [2.05, 4.69) is 34.9 Å². The Labute approximate surface area is 154 Å². The highest BCUT2D eigenvalue weighted by Crippen LogP contribution is 2.40. The van der Waals surface area contributed by atoms with E-state index in [1.165, 1.54) is 6.07 Å². The van der Waals surface area contributed by atoms with Crippen LogP contribution in [0.3, 0.4) is 0 Å². The average Bonchev–Trinajstić information content (AvgIpc) is 3.23. The lowest BCUT2D eigenvalue weighted by Gasteiger charge is -2.07. The molecule has 0 aliphatic rings. The van der Waals surface area contributed by atoms with Crippen molar-refractivity contribution >= 4 is 43.7 Å². The average molecular weight is 351 g/mol. The normalized spacial score (nSPS) is 11.9. The van der Waals surface area contributed by atoms with Gasteiger partial charge in [0.15, 0.2) is 0 Å². The molecule has 2 nitrogen and oxygen atoms in total. The third kappa shape index (κ3) is 1.94. The zero-order chi connectivity index (χ0) is 18.0. The molecule has 2 aromatic heterocycles. The van der Waals surface area contributed by atoms with Gasteiger partial charge in [-0.2, -0.15) is 0 Å². The first kappa shape index (κ1) is 14.6. The fraction of sp³-hybridized carbons (Fsp3) is 0. The maximum atomic E-state index is 13.9. The number of hydrogen-bond donors (Lipinski definition) is 0. The fourth-order valence-corrected chi connectivity index (χ4v) is 4.13. The van der Waals surface area contributed by atoms with Crippen LogP contribution >= 0.6 is 0 Å². The molecule has 0 fully saturated rings. The first-order valence-electron chi connectivity index (χ1n) is 8.90. The molecule has 0 saturated heterocycles. The summed E-state index contributed by atoms with van der Waals surface area (Å²) in [5, 5.41) is 4.36. The van der Waals surface area contributed by atoms with Gasteiger partial charge in [0.1, 0.15) is 17.0 Å². The van der Waals surface area contributed by atoms with E-state index in [-0.39, 0.29) is 5.82 Å². The first-order chi connectivity index (χ1) is 13.3. The molecule has 0 unspecified atom stereocenters. The highest BCUT2D eigenvalue weighted by atomic mass is 19.1. The molecule has 0 spiro atoms. The number of fused-ring (bicyclic) bond motifs is 7. The van der Waals surface area contributed by atoms with Crippen molar-refractivity contribution in [1.29, 1.82) is 0 Å². The topological polar surface area (TPSA) is 18.1 Å². The second-order valence-electron chi connectivity index (χ2n) is 6.77. The Morgan fingerprint density at radius 1 is 0.667 bits per heavy atom. The van der Waals surface area contributed by atoms with Crippen molar-refractivity contribution in [3.05, 3.63) is 90.7 Å². The number of hydrogen-bond acceptors (Lipinski definition) is 1. The zero-order valence-electron chi connectivity index (χ0n) is 14.3. The van der Waals surface area contributed by atoms with Crippen LogP contribution in [0.4, 0.5) is 4.39 Å². The number of nitrogens with zero attached hydrogens (tertiary/aromatic N) is 1. The van der Waals surface area contributed by atoms with Crippen LogP contribution in [0, 0.1) is 5.82 Å². The molecule has 0 amide bonds. The van der Waals surface area contributed by atoms with Gasteiger partial charge in [0.2, 0.25) is 0 Å². The van der Waals surface area contributed by atoms with E-state index in [4.69, 9.17) is 4.42 Å². The van der Waals surface area contributed by atoms with E-state index in [0.717, 1.165) is 49.4 Å². The van der Waals surface area contributed by atoms with Crippen LogP contribution in [-0.2, 0) is 0 Å². The largest absolute Gasteiger partial charge is 0.455 e. The quantitative estimate of drug-likeness (QED) is 0.318. The molecule has 0 aliphatic carbocycles. The lowest BCUT2D eigenvalue weighted by Crippen LogP contribution is -1.94. The van der Waals surface area contributed by atoms with Crippen LogP contribution in [-0.4, -0.2) is 4.57 Å². The number of halogens is 1. The molecule has 0 bridgehead atoms. The van der Waals surface area contributed by atoms with E-state index >= 15 is 0 Å². The van der Waals surface area contributed by atoms with Gasteiger partial charge in [-0.1, -0.05) is 42.5 Å². The van der Waals surface area contributed by atoms with Crippen LogP contribution in [0.5, 0.6) is 0 Å². The summed E-state index contributed by atoms with van der Waals surface area (Å²) in [5.74, 6) is -0.247. The Bertz CT molecular complexity index is 1490. The molecule has 6 aromatic rings. The van der Waals surface area contributed by atoms with E-state index in [9.17, 15) is 4.39 Å². The number of rotatable bonds is 1. The lowest BCUT2D eigenvalue weighted by molar-refractivity contribution is 0.627. The number of benzene rings is 4. The predicted molar refractivity (Wildman–Crippen MR) is 108 cm³/mol. The van der Waals surface area contributed by atoms with Crippen molar-refractivity contribution < 1.29 is 8.81 Å². The monoisotopic (exact) mass is 351 g/mol. The predicted octanol–water partition coefficient (Wildman–Crippen LogP) is 6.82. The molecular formula is C24H14FNO. The maximum absolute atomic E-state index is 13.9. The summed E-state index contributed by atoms with van der Waals surface area (Å²) in [6.45, 7) is 0. The highest BCUT2D eigenvalue weighted by Gasteiger charge is 2.18. The lowest BCUT2D eigenvalue weighted by atomic mass is 10.1. The smallest absolute Gasteiger partial charge is 0.145 e. The first-order valence-corrected chi connectivity index (χ1v) is 8.90. The summed E-state index contributed by atoms with van der Waals surface area (Å²) in [5.41, 5.74) is 4.60. The fourth-order valence-electron chi connectivity index (χ4n) is 4.13. The molecule has 4 aromatic carbocycles. The van der Waals surface area contributed by atoms with Gasteiger partial charge in [0.25, 0.3) is 0 Å². The van der Waals surface area contributed by atoms with Crippen molar-refractivity contribution in [3.63, 3.8) is 0 Å². The Morgan fingerprint density at radius 2 is 1.48 bits per heavy atom. The maximum Gasteiger partial charge on any atom is 0.145 e. The van der Waals surface area contributed by atoms with Crippen molar-refractivity contribution in [3.8, 4) is 5.69 Å². The van der Waals surface area contributed by atoms with E-state index < -0.39 is 0 Å². The molecule has 0 atom stereocenters. The van der Waals surface area contributed by atoms with Crippen molar-refractivity contribution in [2.24, 2.45) is 0 Å². The molecule has 0 radical (unpaired) electrons. The molecule has 3 heteroatoms. The Kier molecular flexibility index (Phi) is 2.81. The van der Waals surface area contributed by atoms with Crippen molar-refractivity contribution in [1.82, 2.24) is 4.57 Å². The third-order valence-electron chi connectivity index (χ3n) is 5.25. The minimum absolute atomic E-state index is 0.247. The van der Waals surface area contributed by atoms with Crippen LogP contribution < -0.4 is 0 Å². The van der Waals surface area contributed by atoms with Gasteiger partial charge in [0.05, 0.1) is 16.4 Å². The molecule has 0 saturated carbocycles. The molecule has 6 rings (SSSR count). The number of para-hydroxylation sites is 2. The summed E-state index contributed by atoms with van der Waals surface area (Å²) < 4.78 is 22.3. The van der Waals surface area contributed by atoms with Crippen LogP contribution in [0.25, 0.3) is 49.4 Å². The molecular weight excluding hydrogens is 337 g/mol. The Balaban J connectivity index is 1.87. The highest BCUT2D eigenvalue weighted by molar-refractivity contribution is 6.23. The standard InChI is InChI=1S/C24H14FNO/c25-15-6-5-7-16(14-15)26-20-10-3-1-9-19(20)23-21(26)13-12-18-17-8-2-4-11-22(17)27-24(18)23/h1-14H. The molecule has 0 aliphatic heterocycles. The van der Waals surface area contributed by atoms with Crippen LogP contribution in [0.2, 0.25) is 0 Å². The molecule has 128 valence electrons. The molecule has 27 heavy (non-hydrogen) atoms. The summed E-state index contributed by atoms with van der Waals surface area (Å²) in [6.07, 6.45) is 0. The third-order valence-corrected chi connectivity index (χ3v) is 5.25. The van der Waals surface area contributed by atoms with E-state index in [1.807, 2.05) is 36.4 Å². The van der Waals surface area contributed by atoms with Gasteiger partial charge in [0, 0.05) is 21.8 Å². The minimum atomic E-state index is -0.247. The summed E-state index contributed by atoms with van der Waals surface area (Å²) >= 11 is 0. The molecule has 2 heterocycles. The Hall–Kier alpha value is -3.59. The summed E-state index contributed by atoms with van der Waals surface area (Å²) in [4.78, 5) is 0. The van der Waals surface area contributed by atoms with Crippen molar-refractivity contribution in [2.45, 2.75) is 0 Å². The van der Waals surface area contributed by atoms with Gasteiger partial charge in [-0.15, -0.1) is 0 Å². The minimum Gasteiger partial charge on any atom is -0.455 e. The van der Waals surface area contributed by atoms with Gasteiger partial charge >= 0.3 is 0 Å². The second kappa shape index (κ2) is 5.21. The van der Waals surface area contributed by atoms with Gasteiger partial charge in [-0.3, -0.25) is 0 Å². The van der Waals surface area contributed by atoms with Gasteiger partial charge in [-0.05, 0) is 42.5 Å². The van der Waals surface area contributed by atoms with E-state index in [0.29, 0.717) is 0 Å². The SMILES string of the molecule is Fc1cccc(-n2c3ccccc3c3c4oc5ccccc5c4ccc32)c1. The van der Waals surface area contributed by atoms with Crippen molar-refractivity contribution in [2.75, 3.05) is 0 Å². The summed E-state index contributed by atoms with van der Waals surface area (Å²) in [6, 6.07) is 27.2. The van der Waals surface area contributed by atoms with Crippen LogP contribution in [0.1, 0.15) is 0 Å². The van der Waals surface area contributed by atoms with Crippen LogP contribution in [0.15, 0.2) is 89.3 Å². The summed E-state index contributed by atoms with van der Waals surface area (Å²) in [7, 11) is 0. The molecule has 0 N–H and O–H groups in total. The Morgan fingerprint density at radius 3 is 2.37 bits per heavy atom. The number of furan rings is 1. The van der Waals surface area contributed by atoms with Gasteiger partial charge in [-0.25, -0.2) is 4.39 Å². The van der Waals surface area contributed by atoms with Gasteiger partial charge < -0.3 is 8.98 Å². The number of aromatic nitrogens is 1.